The maximum absolute atomic E-state index is 12.4. The van der Waals surface area contributed by atoms with Crippen molar-refractivity contribution < 1.29 is 19.0 Å². The predicted molar refractivity (Wildman–Crippen MR) is 125 cm³/mol. The van der Waals surface area contributed by atoms with Crippen LogP contribution in [0.1, 0.15) is 25.2 Å². The third-order valence-electron chi connectivity index (χ3n) is 4.70. The van der Waals surface area contributed by atoms with Crippen molar-refractivity contribution in [1.29, 1.82) is 0 Å². The molecule has 170 valence electrons. The van der Waals surface area contributed by atoms with E-state index in [9.17, 15) is 4.79 Å². The number of carbonyl (C=O) groups excluding carboxylic acids is 1. The highest BCUT2D eigenvalue weighted by Gasteiger charge is 2.15. The summed E-state index contributed by atoms with van der Waals surface area (Å²) in [5, 5.41) is 12.2. The van der Waals surface area contributed by atoms with Crippen LogP contribution in [0.25, 0.3) is 0 Å². The molecule has 0 unspecified atom stereocenters. The molecule has 0 aliphatic heterocycles. The first kappa shape index (κ1) is 23.5. The minimum atomic E-state index is -0.105. The molecule has 0 aliphatic carbocycles. The number of thioether (sulfide) groups is 1. The Morgan fingerprint density at radius 3 is 2.44 bits per heavy atom. The number of nitrogens with one attached hydrogen (secondary N) is 1. The van der Waals surface area contributed by atoms with Gasteiger partial charge in [0, 0.05) is 18.7 Å². The molecule has 0 spiro atoms. The highest BCUT2D eigenvalue weighted by Crippen LogP contribution is 2.29. The zero-order chi connectivity index (χ0) is 22.9. The molecule has 8 nitrogen and oxygen atoms in total. The molecule has 0 radical (unpaired) electrons. The lowest BCUT2D eigenvalue weighted by Gasteiger charge is -2.11. The number of hydrogen-bond donors (Lipinski definition) is 1. The van der Waals surface area contributed by atoms with Crippen LogP contribution in [-0.4, -0.2) is 47.3 Å². The van der Waals surface area contributed by atoms with Crippen molar-refractivity contribution in [2.24, 2.45) is 0 Å². The number of aromatic nitrogens is 3. The molecule has 0 saturated carbocycles. The molecule has 3 rings (SSSR count). The SMILES string of the molecule is CCOc1ccc(NC(=O)CSc2nnc(Cc3ccc(OC)c(OC)c3)n2CC)cc1. The third-order valence-corrected chi connectivity index (χ3v) is 5.67. The summed E-state index contributed by atoms with van der Waals surface area (Å²) < 4.78 is 18.1. The monoisotopic (exact) mass is 456 g/mol. The molecule has 9 heteroatoms. The van der Waals surface area contributed by atoms with E-state index in [0.717, 1.165) is 22.8 Å². The van der Waals surface area contributed by atoms with E-state index in [-0.39, 0.29) is 11.7 Å². The Hall–Kier alpha value is -3.20. The summed E-state index contributed by atoms with van der Waals surface area (Å²) in [6.45, 7) is 5.28. The first-order valence-corrected chi connectivity index (χ1v) is 11.3. The summed E-state index contributed by atoms with van der Waals surface area (Å²) in [4.78, 5) is 12.4. The zero-order valence-corrected chi connectivity index (χ0v) is 19.6. The fourth-order valence-corrected chi connectivity index (χ4v) is 4.00. The van der Waals surface area contributed by atoms with Gasteiger partial charge in [-0.15, -0.1) is 10.2 Å². The lowest BCUT2D eigenvalue weighted by molar-refractivity contribution is -0.113. The Balaban J connectivity index is 1.61. The van der Waals surface area contributed by atoms with Crippen LogP contribution in [0.4, 0.5) is 5.69 Å². The van der Waals surface area contributed by atoms with Gasteiger partial charge in [0.2, 0.25) is 5.91 Å². The van der Waals surface area contributed by atoms with Crippen LogP contribution in [0.3, 0.4) is 0 Å². The molecule has 0 saturated heterocycles. The molecule has 1 heterocycles. The van der Waals surface area contributed by atoms with Gasteiger partial charge in [-0.2, -0.15) is 0 Å². The van der Waals surface area contributed by atoms with Gasteiger partial charge < -0.3 is 24.1 Å². The quantitative estimate of drug-likeness (QED) is 0.436. The summed E-state index contributed by atoms with van der Waals surface area (Å²) in [7, 11) is 3.23. The maximum Gasteiger partial charge on any atom is 0.234 e. The van der Waals surface area contributed by atoms with Crippen LogP contribution in [0.15, 0.2) is 47.6 Å². The normalized spacial score (nSPS) is 10.6. The van der Waals surface area contributed by atoms with E-state index in [1.54, 1.807) is 14.2 Å². The zero-order valence-electron chi connectivity index (χ0n) is 18.8. The van der Waals surface area contributed by atoms with Gasteiger partial charge in [0.1, 0.15) is 11.6 Å². The fraction of sp³-hybridized carbons (Fsp3) is 0.348. The van der Waals surface area contributed by atoms with Gasteiger partial charge >= 0.3 is 0 Å². The average molecular weight is 457 g/mol. The van der Waals surface area contributed by atoms with Gasteiger partial charge in [-0.25, -0.2) is 0 Å². The Bertz CT molecular complexity index is 1040. The molecule has 0 atom stereocenters. The van der Waals surface area contributed by atoms with Gasteiger partial charge in [-0.1, -0.05) is 17.8 Å². The smallest absolute Gasteiger partial charge is 0.234 e. The molecule has 0 bridgehead atoms. The predicted octanol–water partition coefficient (Wildman–Crippen LogP) is 4.04. The third kappa shape index (κ3) is 5.94. The molecule has 1 amide bonds. The van der Waals surface area contributed by atoms with E-state index in [0.29, 0.717) is 36.2 Å². The lowest BCUT2D eigenvalue weighted by atomic mass is 10.1. The van der Waals surface area contributed by atoms with Crippen molar-refractivity contribution in [3.63, 3.8) is 0 Å². The number of rotatable bonds is 11. The topological polar surface area (TPSA) is 87.5 Å². The summed E-state index contributed by atoms with van der Waals surface area (Å²) in [6.07, 6.45) is 0.597. The number of methoxy groups -OCH3 is 2. The first-order chi connectivity index (χ1) is 15.6. The van der Waals surface area contributed by atoms with E-state index < -0.39 is 0 Å². The minimum Gasteiger partial charge on any atom is -0.494 e. The van der Waals surface area contributed by atoms with Crippen LogP contribution in [0.5, 0.6) is 17.2 Å². The van der Waals surface area contributed by atoms with Gasteiger partial charge in [0.05, 0.1) is 26.6 Å². The van der Waals surface area contributed by atoms with Crippen LogP contribution < -0.4 is 19.5 Å². The number of carbonyl (C=O) groups is 1. The number of benzene rings is 2. The van der Waals surface area contributed by atoms with Gasteiger partial charge in [-0.3, -0.25) is 4.79 Å². The number of hydrogen-bond acceptors (Lipinski definition) is 7. The van der Waals surface area contributed by atoms with E-state index in [2.05, 4.69) is 15.5 Å². The van der Waals surface area contributed by atoms with E-state index in [1.807, 2.05) is 60.9 Å². The first-order valence-electron chi connectivity index (χ1n) is 10.4. The van der Waals surface area contributed by atoms with Crippen LogP contribution in [0, 0.1) is 0 Å². The maximum atomic E-state index is 12.4. The van der Waals surface area contributed by atoms with Crippen molar-refractivity contribution in [1.82, 2.24) is 14.8 Å². The number of anilines is 1. The van der Waals surface area contributed by atoms with E-state index in [1.165, 1.54) is 11.8 Å². The van der Waals surface area contributed by atoms with Crippen molar-refractivity contribution >= 4 is 23.4 Å². The molecule has 3 aromatic rings. The highest BCUT2D eigenvalue weighted by molar-refractivity contribution is 7.99. The summed E-state index contributed by atoms with van der Waals surface area (Å²) >= 11 is 1.36. The molecule has 32 heavy (non-hydrogen) atoms. The number of ether oxygens (including phenoxy) is 3. The molecular formula is C23H28N4O4S. The Kier molecular flexibility index (Phi) is 8.38. The highest BCUT2D eigenvalue weighted by atomic mass is 32.2. The van der Waals surface area contributed by atoms with Gasteiger partial charge in [-0.05, 0) is 55.8 Å². The standard InChI is InChI=1S/C23H28N4O4S/c1-5-27-21(14-16-7-12-19(29-3)20(13-16)30-4)25-26-23(27)32-15-22(28)24-17-8-10-18(11-9-17)31-6-2/h7-13H,5-6,14-15H2,1-4H3,(H,24,28). The number of nitrogens with zero attached hydrogens (tertiary/aromatic N) is 3. The molecule has 0 fully saturated rings. The minimum absolute atomic E-state index is 0.105. The second-order valence-electron chi connectivity index (χ2n) is 6.80. The molecule has 2 aromatic carbocycles. The molecule has 1 aromatic heterocycles. The lowest BCUT2D eigenvalue weighted by Crippen LogP contribution is -2.14. The van der Waals surface area contributed by atoms with Crippen LogP contribution >= 0.6 is 11.8 Å². The molecular weight excluding hydrogens is 428 g/mol. The summed E-state index contributed by atoms with van der Waals surface area (Å²) in [6, 6.07) is 13.1. The van der Waals surface area contributed by atoms with Crippen LogP contribution in [-0.2, 0) is 17.8 Å². The Morgan fingerprint density at radius 1 is 1.03 bits per heavy atom. The summed E-state index contributed by atoms with van der Waals surface area (Å²) in [5.74, 6) is 3.09. The van der Waals surface area contributed by atoms with Crippen molar-refractivity contribution in [2.75, 3.05) is 31.9 Å². The Morgan fingerprint density at radius 2 is 1.78 bits per heavy atom. The van der Waals surface area contributed by atoms with Crippen molar-refractivity contribution in [3.8, 4) is 17.2 Å². The largest absolute Gasteiger partial charge is 0.494 e. The van der Waals surface area contributed by atoms with Crippen molar-refractivity contribution in [2.45, 2.75) is 32.0 Å². The van der Waals surface area contributed by atoms with E-state index >= 15 is 0 Å². The van der Waals surface area contributed by atoms with Gasteiger partial charge in [0.25, 0.3) is 0 Å². The van der Waals surface area contributed by atoms with Gasteiger partial charge in [0.15, 0.2) is 16.7 Å². The molecule has 0 aliphatic rings. The summed E-state index contributed by atoms with van der Waals surface area (Å²) in [5.41, 5.74) is 1.76. The second kappa shape index (κ2) is 11.4. The fourth-order valence-electron chi connectivity index (χ4n) is 3.18. The average Bonchev–Trinajstić information content (AvgIpc) is 3.20. The number of amides is 1. The molecule has 1 N–H and O–H groups in total. The van der Waals surface area contributed by atoms with Crippen LogP contribution in [0.2, 0.25) is 0 Å². The second-order valence-corrected chi connectivity index (χ2v) is 7.75. The Labute approximate surface area is 192 Å². The van der Waals surface area contributed by atoms with Crippen molar-refractivity contribution in [3.05, 3.63) is 53.9 Å². The van der Waals surface area contributed by atoms with E-state index in [4.69, 9.17) is 14.2 Å².